The molecule has 9 heterocycles. The highest BCUT2D eigenvalue weighted by molar-refractivity contribution is 6.09. The van der Waals surface area contributed by atoms with Gasteiger partial charge in [-0.1, -0.05) is 24.6 Å². The molecule has 6 aliphatic heterocycles. The van der Waals surface area contributed by atoms with Gasteiger partial charge in [0.05, 0.1) is 28.9 Å². The fourth-order valence-electron chi connectivity index (χ4n) is 13.6. The van der Waals surface area contributed by atoms with Crippen molar-refractivity contribution in [2.45, 2.75) is 159 Å². The van der Waals surface area contributed by atoms with Crippen LogP contribution in [-0.2, 0) is 29.4 Å². The third-order valence-corrected chi connectivity index (χ3v) is 18.2. The average Bonchev–Trinajstić information content (AvgIpc) is 4.05. The number of carbonyl (C=O) groups is 5. The second kappa shape index (κ2) is 19.7. The number of anilines is 3. The highest BCUT2D eigenvalue weighted by atomic mass is 16.2. The molecule has 0 radical (unpaired) electrons. The number of benzene rings is 1. The molecule has 1 spiro atoms. The zero-order valence-electron chi connectivity index (χ0n) is 42.9. The Hall–Kier alpha value is -5.90. The molecule has 12 rings (SSSR count). The van der Waals surface area contributed by atoms with Gasteiger partial charge in [-0.15, -0.1) is 0 Å². The van der Waals surface area contributed by atoms with Gasteiger partial charge in [0, 0.05) is 100 Å². The number of rotatable bonds is 12. The van der Waals surface area contributed by atoms with Gasteiger partial charge in [-0.2, -0.15) is 0 Å². The highest BCUT2D eigenvalue weighted by Gasteiger charge is 2.56. The zero-order valence-corrected chi connectivity index (χ0v) is 42.9. The molecule has 16 heteroatoms. The molecule has 0 unspecified atom stereocenters. The summed E-state index contributed by atoms with van der Waals surface area (Å²) < 4.78 is 2.20. The van der Waals surface area contributed by atoms with Crippen LogP contribution in [0.1, 0.15) is 146 Å². The number of hydrogen-bond acceptors (Lipinski definition) is 11. The van der Waals surface area contributed by atoms with Crippen LogP contribution in [0.25, 0.3) is 22.3 Å². The molecule has 16 nitrogen and oxygen atoms in total. The van der Waals surface area contributed by atoms with Crippen LogP contribution in [0.15, 0.2) is 48.9 Å². The van der Waals surface area contributed by atoms with E-state index in [1.165, 1.54) is 19.3 Å². The molecular weight excluding hydrogens is 919 g/mol. The van der Waals surface area contributed by atoms with Gasteiger partial charge in [-0.25, -0.2) is 15.0 Å². The predicted octanol–water partition coefficient (Wildman–Crippen LogP) is 7.33. The Morgan fingerprint density at radius 3 is 2.27 bits per heavy atom. The first kappa shape index (κ1) is 48.1. The van der Waals surface area contributed by atoms with Gasteiger partial charge in [0.1, 0.15) is 11.3 Å². The Morgan fingerprint density at radius 1 is 0.781 bits per heavy atom. The van der Waals surface area contributed by atoms with E-state index in [9.17, 15) is 19.2 Å². The quantitative estimate of drug-likeness (QED) is 0.136. The van der Waals surface area contributed by atoms with E-state index in [1.807, 2.05) is 28.3 Å². The molecule has 2 aliphatic carbocycles. The van der Waals surface area contributed by atoms with Crippen LogP contribution in [0, 0.1) is 11.8 Å². The summed E-state index contributed by atoms with van der Waals surface area (Å²) in [6.07, 6.45) is 18.4. The number of imide groups is 1. The summed E-state index contributed by atoms with van der Waals surface area (Å²) in [5, 5.41) is 6.14. The normalized spacial score (nSPS) is 25.9. The number of hydrogen-bond donors (Lipinski definition) is 2. The van der Waals surface area contributed by atoms with E-state index in [-0.39, 0.29) is 53.5 Å². The number of likely N-dealkylation sites (tertiary alicyclic amines) is 3. The molecule has 73 heavy (non-hydrogen) atoms. The molecule has 2 saturated carbocycles. The van der Waals surface area contributed by atoms with Crippen LogP contribution >= 0.6 is 0 Å². The monoisotopic (exact) mass is 992 g/mol. The van der Waals surface area contributed by atoms with E-state index in [0.717, 1.165) is 135 Å². The summed E-state index contributed by atoms with van der Waals surface area (Å²) in [5.41, 5.74) is 6.07. The predicted molar refractivity (Wildman–Crippen MR) is 280 cm³/mol. The first-order chi connectivity index (χ1) is 35.5. The van der Waals surface area contributed by atoms with E-state index < -0.39 is 5.41 Å². The van der Waals surface area contributed by atoms with E-state index in [1.54, 1.807) is 6.20 Å². The van der Waals surface area contributed by atoms with E-state index >= 15 is 4.79 Å². The Kier molecular flexibility index (Phi) is 13.0. The van der Waals surface area contributed by atoms with Crippen LogP contribution in [0.5, 0.6) is 0 Å². The van der Waals surface area contributed by atoms with Gasteiger partial charge >= 0.3 is 0 Å². The summed E-state index contributed by atoms with van der Waals surface area (Å²) in [4.78, 5) is 93.1. The molecule has 0 bridgehead atoms. The summed E-state index contributed by atoms with van der Waals surface area (Å²) in [6, 6.07) is 13.9. The average molecular weight is 992 g/mol. The third-order valence-electron chi connectivity index (χ3n) is 18.2. The van der Waals surface area contributed by atoms with E-state index in [0.29, 0.717) is 76.2 Å². The largest absolute Gasteiger partial charge is 0.366 e. The summed E-state index contributed by atoms with van der Waals surface area (Å²) in [6.45, 7) is 10.7. The van der Waals surface area contributed by atoms with E-state index in [2.05, 4.69) is 73.0 Å². The first-order valence-corrected chi connectivity index (χ1v) is 27.9. The third kappa shape index (κ3) is 9.39. The number of pyridine rings is 2. The van der Waals surface area contributed by atoms with Gasteiger partial charge in [-0.3, -0.25) is 29.3 Å². The molecule has 8 aliphatic rings. The second-order valence-corrected chi connectivity index (χ2v) is 23.3. The molecule has 5 saturated heterocycles. The van der Waals surface area contributed by atoms with Gasteiger partial charge in [0.2, 0.25) is 29.5 Å². The number of amides is 5. The number of imidazole rings is 1. The van der Waals surface area contributed by atoms with Gasteiger partial charge < -0.3 is 34.4 Å². The maximum Gasteiger partial charge on any atom is 0.238 e. The number of aromatic nitrogens is 4. The standard InChI is InChI=1S/C57H73N11O5/c1-36(2)67-35-59-47-32-46(61-54(53(47)67)60-41-10-11-41)39-8-13-45-48(29-39)68(43-30-42(31-43)63-20-4-3-5-21-63)56(73)57(45)18-25-65(26-19-57)51(70)28-38-7-6-22-66(34-38)52(71)27-37-16-23-64(24-17-37)49-14-9-40(33-58-49)44-12-15-50(69)62-55(44)72/h8-9,13-14,29,32-33,35-38,41-44H,3-7,10-12,15-28,30-31,34H2,1-2H3,(H,60,61)(H,62,69,72)/t38-,42?,43?,44-/m1/s1. The highest BCUT2D eigenvalue weighted by Crippen LogP contribution is 2.52. The fraction of sp³-hybridized carbons (Fsp3) is 0.614. The number of fused-ring (bicyclic) bond motifs is 3. The van der Waals surface area contributed by atoms with Crippen LogP contribution in [-0.4, -0.2) is 134 Å². The molecule has 386 valence electrons. The lowest BCUT2D eigenvalue weighted by atomic mass is 9.73. The maximum absolute atomic E-state index is 15.2. The smallest absolute Gasteiger partial charge is 0.238 e. The fourth-order valence-corrected chi connectivity index (χ4v) is 13.6. The minimum Gasteiger partial charge on any atom is -0.366 e. The summed E-state index contributed by atoms with van der Waals surface area (Å²) in [5.74, 6) is 1.86. The van der Waals surface area contributed by atoms with Gasteiger partial charge in [0.15, 0.2) is 5.82 Å². The Balaban J connectivity index is 0.683. The minimum absolute atomic E-state index is 0.123. The molecule has 2 N–H and O–H groups in total. The number of piperidine rings is 5. The molecule has 2 atom stereocenters. The Morgan fingerprint density at radius 2 is 1.55 bits per heavy atom. The molecule has 7 fully saturated rings. The van der Waals surface area contributed by atoms with Crippen LogP contribution in [0.2, 0.25) is 0 Å². The van der Waals surface area contributed by atoms with Crippen LogP contribution < -0.4 is 20.4 Å². The van der Waals surface area contributed by atoms with Crippen molar-refractivity contribution in [3.8, 4) is 11.3 Å². The van der Waals surface area contributed by atoms with Crippen LogP contribution in [0.3, 0.4) is 0 Å². The lowest BCUT2D eigenvalue weighted by Crippen LogP contribution is -2.58. The number of nitrogens with one attached hydrogen (secondary N) is 2. The Bertz CT molecular complexity index is 2760. The van der Waals surface area contributed by atoms with Crippen molar-refractivity contribution in [2.24, 2.45) is 11.8 Å². The topological polar surface area (TPSA) is 169 Å². The number of carbonyl (C=O) groups excluding carboxylic acids is 5. The van der Waals surface area contributed by atoms with Crippen molar-refractivity contribution >= 4 is 57.9 Å². The van der Waals surface area contributed by atoms with Crippen LogP contribution in [0.4, 0.5) is 17.3 Å². The van der Waals surface area contributed by atoms with Crippen molar-refractivity contribution in [3.63, 3.8) is 0 Å². The first-order valence-electron chi connectivity index (χ1n) is 27.9. The van der Waals surface area contributed by atoms with Crippen molar-refractivity contribution in [1.82, 2.24) is 39.5 Å². The lowest BCUT2D eigenvalue weighted by molar-refractivity contribution is -0.139. The van der Waals surface area contributed by atoms with Crippen molar-refractivity contribution in [1.29, 1.82) is 0 Å². The van der Waals surface area contributed by atoms with Crippen molar-refractivity contribution in [3.05, 3.63) is 60.0 Å². The molecule has 1 aromatic carbocycles. The SMILES string of the molecule is CC(C)n1cnc2cc(-c3ccc4c(c3)N(C3CC(N5CCCCC5)C3)C(=O)C43CCN(C(=O)C[C@H]4CCCN(C(=O)CC5CCN(c6ccc([C@H]7CCC(=O)NC7=O)cn6)CC5)C4)CC3)nc(NC3CC3)c21. The Labute approximate surface area is 429 Å². The lowest BCUT2D eigenvalue weighted by Gasteiger charge is -2.48. The van der Waals surface area contributed by atoms with Gasteiger partial charge in [0.25, 0.3) is 0 Å². The summed E-state index contributed by atoms with van der Waals surface area (Å²) >= 11 is 0. The molecular formula is C57H73N11O5. The molecule has 3 aromatic heterocycles. The van der Waals surface area contributed by atoms with Crippen molar-refractivity contribution in [2.75, 3.05) is 67.5 Å². The molecule has 4 aromatic rings. The minimum atomic E-state index is -0.671. The number of nitrogens with zero attached hydrogens (tertiary/aromatic N) is 9. The van der Waals surface area contributed by atoms with Crippen molar-refractivity contribution < 1.29 is 24.0 Å². The summed E-state index contributed by atoms with van der Waals surface area (Å²) in [7, 11) is 0. The van der Waals surface area contributed by atoms with Gasteiger partial charge in [-0.05, 0) is 152 Å². The molecule has 5 amide bonds. The maximum atomic E-state index is 15.2. The second-order valence-electron chi connectivity index (χ2n) is 23.3. The van der Waals surface area contributed by atoms with E-state index in [4.69, 9.17) is 9.97 Å². The zero-order chi connectivity index (χ0) is 50.0.